The largest absolute Gasteiger partial charge is 0.477 e. The lowest BCUT2D eigenvalue weighted by Gasteiger charge is -2.25. The standard InChI is InChI=1S/C80H143NO8/c1-6-8-10-12-14-16-18-20-22-24-26-28-30-32-34-36-37-38-39-40-41-43-45-47-49-51-53-55-57-59-61-63-65-67-69-71-78(83)89-76(75-88-80(79(84)85)86-73-72-81(3,4)5)74-87-77(82)70-68-66-64-62-60-58-56-54-52-50-48-46-44-42-35-33-31-29-27-25-23-21-19-17-15-13-11-9-7-2/h8,10,14,16,20,22,25-28,32,34,37-38,76,80H,6-7,9,11-13,15,17-19,21,23-24,29-31,33,35-36,39-75H2,1-5H3/p+1/b10-8-,16-14-,22-20-,27-25-,28-26-,34-32-,38-37-. The molecule has 0 spiro atoms. The number of aliphatic carboxylic acids is 1. The average molecular weight is 1250 g/mol. The van der Waals surface area contributed by atoms with E-state index < -0.39 is 24.3 Å². The van der Waals surface area contributed by atoms with E-state index in [1.807, 2.05) is 21.1 Å². The van der Waals surface area contributed by atoms with Crippen LogP contribution in [0.4, 0.5) is 0 Å². The minimum absolute atomic E-state index is 0.180. The molecule has 0 fully saturated rings. The molecule has 0 saturated heterocycles. The summed E-state index contributed by atoms with van der Waals surface area (Å²) >= 11 is 0. The number of allylic oxidation sites excluding steroid dienone is 14. The normalized spacial score (nSPS) is 13.1. The third-order valence-corrected chi connectivity index (χ3v) is 16.6. The number of carboxylic acid groups (broad SMARTS) is 1. The maximum absolute atomic E-state index is 13.0. The molecule has 0 amide bonds. The molecule has 0 rings (SSSR count). The van der Waals surface area contributed by atoms with Crippen molar-refractivity contribution in [2.24, 2.45) is 0 Å². The van der Waals surface area contributed by atoms with Crippen molar-refractivity contribution in [3.05, 3.63) is 85.1 Å². The molecule has 9 heteroatoms. The molecular formula is C80H144NO8+. The summed E-state index contributed by atoms with van der Waals surface area (Å²) in [5.41, 5.74) is 0. The number of hydrogen-bond donors (Lipinski definition) is 1. The second-order valence-electron chi connectivity index (χ2n) is 26.6. The lowest BCUT2D eigenvalue weighted by Crippen LogP contribution is -2.40. The van der Waals surface area contributed by atoms with Crippen molar-refractivity contribution in [1.82, 2.24) is 0 Å². The first-order chi connectivity index (χ1) is 43.6. The molecule has 0 saturated carbocycles. The van der Waals surface area contributed by atoms with E-state index in [1.165, 1.54) is 244 Å². The zero-order valence-corrected chi connectivity index (χ0v) is 59.1. The van der Waals surface area contributed by atoms with Crippen LogP contribution < -0.4 is 0 Å². The van der Waals surface area contributed by atoms with E-state index >= 15 is 0 Å². The van der Waals surface area contributed by atoms with Crippen molar-refractivity contribution in [3.63, 3.8) is 0 Å². The molecule has 0 heterocycles. The van der Waals surface area contributed by atoms with Crippen LogP contribution in [0.15, 0.2) is 85.1 Å². The molecule has 0 aromatic carbocycles. The highest BCUT2D eigenvalue weighted by Crippen LogP contribution is 2.18. The molecule has 9 nitrogen and oxygen atoms in total. The fraction of sp³-hybridized carbons (Fsp3) is 0.787. The van der Waals surface area contributed by atoms with Crippen LogP contribution in [-0.2, 0) is 33.3 Å². The Bertz CT molecular complexity index is 1740. The van der Waals surface area contributed by atoms with E-state index in [9.17, 15) is 19.5 Å². The SMILES string of the molecule is CC/C=C\C/C=C\C/C=C\C/C=C\C/C=C\C/C=C\CCCCCCCCCCCCCCCCCCC(=O)OC(COC(=O)CCCCCCCCCCCCCCCCCCC/C=C\CCCCCCCCCC)COC(OCC[N+](C)(C)C)C(=O)O. The van der Waals surface area contributed by atoms with E-state index in [0.29, 0.717) is 17.4 Å². The fourth-order valence-corrected chi connectivity index (χ4v) is 10.9. The molecule has 0 aliphatic carbocycles. The topological polar surface area (TPSA) is 108 Å². The molecule has 0 aliphatic rings. The number of esters is 2. The Morgan fingerprint density at radius 1 is 0.348 bits per heavy atom. The van der Waals surface area contributed by atoms with E-state index in [2.05, 4.69) is 98.9 Å². The number of carboxylic acids is 1. The van der Waals surface area contributed by atoms with Crippen LogP contribution in [0.2, 0.25) is 0 Å². The van der Waals surface area contributed by atoms with E-state index in [-0.39, 0.29) is 32.2 Å². The Kier molecular flexibility index (Phi) is 67.6. The first-order valence-electron chi connectivity index (χ1n) is 37.8. The Morgan fingerprint density at radius 3 is 0.966 bits per heavy atom. The molecule has 2 atom stereocenters. The maximum Gasteiger partial charge on any atom is 0.361 e. The Hall–Kier alpha value is -3.53. The summed E-state index contributed by atoms with van der Waals surface area (Å²) in [7, 11) is 5.99. The van der Waals surface area contributed by atoms with E-state index in [0.717, 1.165) is 77.0 Å². The van der Waals surface area contributed by atoms with Gasteiger partial charge < -0.3 is 28.5 Å². The van der Waals surface area contributed by atoms with Crippen molar-refractivity contribution >= 4 is 17.9 Å². The van der Waals surface area contributed by atoms with Crippen molar-refractivity contribution in [2.45, 2.75) is 360 Å². The lowest BCUT2D eigenvalue weighted by molar-refractivity contribution is -0.870. The summed E-state index contributed by atoms with van der Waals surface area (Å²) in [6, 6.07) is 0. The van der Waals surface area contributed by atoms with Gasteiger partial charge in [0.1, 0.15) is 13.2 Å². The molecule has 0 radical (unpaired) electrons. The smallest absolute Gasteiger partial charge is 0.361 e. The van der Waals surface area contributed by atoms with Gasteiger partial charge in [-0.1, -0.05) is 330 Å². The molecule has 0 bridgehead atoms. The number of nitrogens with zero attached hydrogens (tertiary/aromatic N) is 1. The van der Waals surface area contributed by atoms with Gasteiger partial charge in [0.15, 0.2) is 6.10 Å². The van der Waals surface area contributed by atoms with Crippen LogP contribution in [0.3, 0.4) is 0 Å². The number of rotatable bonds is 70. The van der Waals surface area contributed by atoms with Crippen LogP contribution in [0.25, 0.3) is 0 Å². The van der Waals surface area contributed by atoms with E-state index in [4.69, 9.17) is 18.9 Å². The summed E-state index contributed by atoms with van der Waals surface area (Å²) < 4.78 is 23.0. The highest BCUT2D eigenvalue weighted by molar-refractivity contribution is 5.71. The third kappa shape index (κ3) is 71.8. The maximum atomic E-state index is 13.0. The number of hydrogen-bond acceptors (Lipinski definition) is 7. The fourth-order valence-electron chi connectivity index (χ4n) is 10.9. The van der Waals surface area contributed by atoms with Crippen LogP contribution in [0.1, 0.15) is 348 Å². The quantitative estimate of drug-likeness (QED) is 0.0211. The van der Waals surface area contributed by atoms with Crippen LogP contribution in [-0.4, -0.2) is 87.4 Å². The molecule has 0 aliphatic heterocycles. The average Bonchev–Trinajstić information content (AvgIpc) is 3.64. The molecule has 516 valence electrons. The molecule has 89 heavy (non-hydrogen) atoms. The summed E-state index contributed by atoms with van der Waals surface area (Å²) in [5.74, 6) is -1.99. The van der Waals surface area contributed by atoms with Crippen LogP contribution >= 0.6 is 0 Å². The summed E-state index contributed by atoms with van der Waals surface area (Å²) in [6.45, 7) is 4.81. The number of carbonyl (C=O) groups excluding carboxylic acids is 2. The first kappa shape index (κ1) is 85.5. The van der Waals surface area contributed by atoms with Gasteiger partial charge in [0.2, 0.25) is 0 Å². The van der Waals surface area contributed by atoms with Crippen molar-refractivity contribution in [3.8, 4) is 0 Å². The molecule has 1 N–H and O–H groups in total. The monoisotopic (exact) mass is 1250 g/mol. The van der Waals surface area contributed by atoms with Gasteiger partial charge in [0.05, 0.1) is 34.4 Å². The van der Waals surface area contributed by atoms with Crippen molar-refractivity contribution in [1.29, 1.82) is 0 Å². The number of unbranched alkanes of at least 4 members (excludes halogenated alkanes) is 41. The molecule has 0 aromatic rings. The highest BCUT2D eigenvalue weighted by Gasteiger charge is 2.25. The lowest BCUT2D eigenvalue weighted by atomic mass is 10.0. The minimum Gasteiger partial charge on any atom is -0.477 e. The van der Waals surface area contributed by atoms with Gasteiger partial charge in [0.25, 0.3) is 6.29 Å². The zero-order valence-electron chi connectivity index (χ0n) is 59.1. The number of ether oxygens (including phenoxy) is 4. The highest BCUT2D eigenvalue weighted by atomic mass is 16.7. The van der Waals surface area contributed by atoms with Crippen LogP contribution in [0.5, 0.6) is 0 Å². The van der Waals surface area contributed by atoms with Gasteiger partial charge in [-0.25, -0.2) is 4.79 Å². The molecule has 2 unspecified atom stereocenters. The van der Waals surface area contributed by atoms with Gasteiger partial charge >= 0.3 is 17.9 Å². The second kappa shape index (κ2) is 70.3. The predicted octanol–water partition coefficient (Wildman–Crippen LogP) is 23.8. The Morgan fingerprint density at radius 2 is 0.640 bits per heavy atom. The van der Waals surface area contributed by atoms with Gasteiger partial charge in [-0.2, -0.15) is 0 Å². The first-order valence-corrected chi connectivity index (χ1v) is 37.8. The van der Waals surface area contributed by atoms with Gasteiger partial charge in [-0.3, -0.25) is 9.59 Å². The van der Waals surface area contributed by atoms with Crippen molar-refractivity contribution < 1.29 is 42.9 Å². The number of quaternary nitrogens is 1. The second-order valence-corrected chi connectivity index (χ2v) is 26.6. The molecule has 0 aromatic heterocycles. The van der Waals surface area contributed by atoms with Gasteiger partial charge in [0, 0.05) is 12.8 Å². The van der Waals surface area contributed by atoms with Crippen molar-refractivity contribution in [2.75, 3.05) is 47.5 Å². The molecular weight excluding hydrogens is 1100 g/mol. The Labute approximate surface area is 550 Å². The van der Waals surface area contributed by atoms with Gasteiger partial charge in [-0.15, -0.1) is 0 Å². The third-order valence-electron chi connectivity index (χ3n) is 16.6. The minimum atomic E-state index is -1.51. The number of carbonyl (C=O) groups is 3. The summed E-state index contributed by atoms with van der Waals surface area (Å²) in [6.07, 6.45) is 92.9. The summed E-state index contributed by atoms with van der Waals surface area (Å²) in [4.78, 5) is 37.7. The van der Waals surface area contributed by atoms with Gasteiger partial charge in [-0.05, 0) is 89.9 Å². The van der Waals surface area contributed by atoms with Crippen LogP contribution in [0, 0.1) is 0 Å². The number of likely N-dealkylation sites (N-methyl/N-ethyl adjacent to an activating group) is 1. The predicted molar refractivity (Wildman–Crippen MR) is 382 cm³/mol. The van der Waals surface area contributed by atoms with E-state index in [1.54, 1.807) is 0 Å². The summed E-state index contributed by atoms with van der Waals surface area (Å²) in [5, 5.41) is 9.76. The zero-order chi connectivity index (χ0) is 64.7. The Balaban J connectivity index is 4.05.